The Balaban J connectivity index is 2.23. The Bertz CT molecular complexity index is 522. The van der Waals surface area contributed by atoms with Crippen molar-refractivity contribution in [2.75, 3.05) is 32.8 Å². The SMILES string of the molecule is CCCCCCCCC(CCCCCC)COC(=O)CCCCCN(CCC)C1CCC(NCCO)CC1. The highest BCUT2D eigenvalue weighted by Crippen LogP contribution is 2.24. The zero-order valence-electron chi connectivity index (χ0n) is 25.8. The smallest absolute Gasteiger partial charge is 0.305 e. The van der Waals surface area contributed by atoms with Gasteiger partial charge in [-0.2, -0.15) is 0 Å². The molecule has 0 heterocycles. The van der Waals surface area contributed by atoms with Crippen LogP contribution in [0.25, 0.3) is 0 Å². The molecule has 5 heteroatoms. The molecule has 226 valence electrons. The van der Waals surface area contributed by atoms with Crippen LogP contribution in [0, 0.1) is 5.92 Å². The average Bonchev–Trinajstić information content (AvgIpc) is 2.93. The van der Waals surface area contributed by atoms with Gasteiger partial charge in [-0.3, -0.25) is 4.79 Å². The van der Waals surface area contributed by atoms with Crippen LogP contribution in [0.3, 0.4) is 0 Å². The Kier molecular flexibility index (Phi) is 23.6. The van der Waals surface area contributed by atoms with Gasteiger partial charge in [0.15, 0.2) is 0 Å². The van der Waals surface area contributed by atoms with Crippen LogP contribution in [0.5, 0.6) is 0 Å². The summed E-state index contributed by atoms with van der Waals surface area (Å²) in [5.74, 6) is 0.573. The van der Waals surface area contributed by atoms with Gasteiger partial charge in [0.1, 0.15) is 0 Å². The third-order valence-electron chi connectivity index (χ3n) is 8.51. The van der Waals surface area contributed by atoms with E-state index in [0.29, 0.717) is 31.0 Å². The van der Waals surface area contributed by atoms with Crippen LogP contribution in [-0.2, 0) is 9.53 Å². The van der Waals surface area contributed by atoms with E-state index in [-0.39, 0.29) is 12.6 Å². The largest absolute Gasteiger partial charge is 0.465 e. The van der Waals surface area contributed by atoms with Crippen molar-refractivity contribution in [3.63, 3.8) is 0 Å². The van der Waals surface area contributed by atoms with Crippen molar-refractivity contribution < 1.29 is 14.6 Å². The summed E-state index contributed by atoms with van der Waals surface area (Å²) in [6.45, 7) is 10.7. The molecule has 1 rings (SSSR count). The molecule has 0 spiro atoms. The van der Waals surface area contributed by atoms with E-state index in [1.165, 1.54) is 122 Å². The second-order valence-electron chi connectivity index (χ2n) is 12.0. The molecule has 5 nitrogen and oxygen atoms in total. The first-order valence-corrected chi connectivity index (χ1v) is 16.9. The molecule has 1 aliphatic rings. The van der Waals surface area contributed by atoms with Crippen LogP contribution >= 0.6 is 0 Å². The molecule has 0 aromatic rings. The molecule has 1 atom stereocenters. The quantitative estimate of drug-likeness (QED) is 0.0862. The van der Waals surface area contributed by atoms with E-state index in [9.17, 15) is 4.79 Å². The minimum absolute atomic E-state index is 0.0191. The molecule has 38 heavy (non-hydrogen) atoms. The lowest BCUT2D eigenvalue weighted by Crippen LogP contribution is -2.43. The summed E-state index contributed by atoms with van der Waals surface area (Å²) in [6.07, 6.45) is 25.6. The summed E-state index contributed by atoms with van der Waals surface area (Å²) >= 11 is 0. The molecule has 0 amide bonds. The van der Waals surface area contributed by atoms with Gasteiger partial charge in [-0.05, 0) is 76.8 Å². The third-order valence-corrected chi connectivity index (χ3v) is 8.51. The summed E-state index contributed by atoms with van der Waals surface area (Å²) in [5, 5.41) is 12.5. The van der Waals surface area contributed by atoms with Gasteiger partial charge in [-0.15, -0.1) is 0 Å². The van der Waals surface area contributed by atoms with Crippen LogP contribution in [0.1, 0.15) is 156 Å². The first-order chi connectivity index (χ1) is 18.6. The second kappa shape index (κ2) is 25.3. The number of hydrogen-bond donors (Lipinski definition) is 2. The van der Waals surface area contributed by atoms with Gasteiger partial charge < -0.3 is 20.1 Å². The molecule has 1 unspecified atom stereocenters. The highest BCUT2D eigenvalue weighted by molar-refractivity contribution is 5.69. The molecule has 0 bridgehead atoms. The van der Waals surface area contributed by atoms with Crippen molar-refractivity contribution in [1.29, 1.82) is 0 Å². The Labute approximate surface area is 237 Å². The molecule has 0 aromatic heterocycles. The Hall–Kier alpha value is -0.650. The highest BCUT2D eigenvalue weighted by atomic mass is 16.5. The number of hydrogen-bond acceptors (Lipinski definition) is 5. The van der Waals surface area contributed by atoms with Crippen LogP contribution in [0.15, 0.2) is 0 Å². The van der Waals surface area contributed by atoms with Crippen LogP contribution in [0.4, 0.5) is 0 Å². The Morgan fingerprint density at radius 1 is 0.789 bits per heavy atom. The maximum Gasteiger partial charge on any atom is 0.305 e. The number of aliphatic hydroxyl groups is 1. The number of esters is 1. The molecule has 0 aromatic carbocycles. The number of aliphatic hydroxyl groups excluding tert-OH is 1. The van der Waals surface area contributed by atoms with E-state index in [0.717, 1.165) is 25.9 Å². The molecule has 0 saturated heterocycles. The Morgan fingerprint density at radius 2 is 1.39 bits per heavy atom. The molecule has 1 aliphatic carbocycles. The molecule has 0 radical (unpaired) electrons. The van der Waals surface area contributed by atoms with Crippen LogP contribution in [0.2, 0.25) is 0 Å². The van der Waals surface area contributed by atoms with Crippen LogP contribution in [-0.4, -0.2) is 60.9 Å². The van der Waals surface area contributed by atoms with E-state index in [4.69, 9.17) is 9.84 Å². The number of nitrogens with one attached hydrogen (secondary N) is 1. The van der Waals surface area contributed by atoms with Gasteiger partial charge in [0, 0.05) is 25.0 Å². The lowest BCUT2D eigenvalue weighted by molar-refractivity contribution is -0.145. The van der Waals surface area contributed by atoms with Crippen molar-refractivity contribution in [1.82, 2.24) is 10.2 Å². The number of unbranched alkanes of at least 4 members (excludes halogenated alkanes) is 10. The van der Waals surface area contributed by atoms with Gasteiger partial charge in [0.25, 0.3) is 0 Å². The number of rotatable bonds is 26. The molecule has 1 fully saturated rings. The van der Waals surface area contributed by atoms with Gasteiger partial charge in [-0.1, -0.05) is 91.4 Å². The Morgan fingerprint density at radius 3 is 2.03 bits per heavy atom. The maximum absolute atomic E-state index is 12.5. The lowest BCUT2D eigenvalue weighted by Gasteiger charge is -2.37. The first-order valence-electron chi connectivity index (χ1n) is 16.9. The topological polar surface area (TPSA) is 61.8 Å². The standard InChI is InChI=1S/C33H66N2O3/c1-4-7-9-11-12-15-19-30(18-14-10-8-5-2)29-38-33(37)20-16-13-17-27-35(26-6-3)32-23-21-31(22-24-32)34-25-28-36/h30-32,34,36H,4-29H2,1-3H3. The number of carbonyl (C=O) groups is 1. The highest BCUT2D eigenvalue weighted by Gasteiger charge is 2.25. The minimum Gasteiger partial charge on any atom is -0.465 e. The van der Waals surface area contributed by atoms with Gasteiger partial charge in [0.2, 0.25) is 0 Å². The van der Waals surface area contributed by atoms with Crippen molar-refractivity contribution in [3.05, 3.63) is 0 Å². The monoisotopic (exact) mass is 539 g/mol. The minimum atomic E-state index is 0.0191. The van der Waals surface area contributed by atoms with Crippen molar-refractivity contribution >= 4 is 5.97 Å². The van der Waals surface area contributed by atoms with Crippen molar-refractivity contribution in [2.24, 2.45) is 5.92 Å². The van der Waals surface area contributed by atoms with E-state index >= 15 is 0 Å². The molecule has 2 N–H and O–H groups in total. The van der Waals surface area contributed by atoms with E-state index in [1.807, 2.05) is 0 Å². The second-order valence-corrected chi connectivity index (χ2v) is 12.0. The summed E-state index contributed by atoms with van der Waals surface area (Å²) in [4.78, 5) is 15.2. The molecule has 0 aliphatic heterocycles. The fourth-order valence-corrected chi connectivity index (χ4v) is 6.11. The summed E-state index contributed by atoms with van der Waals surface area (Å²) in [5.41, 5.74) is 0. The van der Waals surface area contributed by atoms with Gasteiger partial charge in [0.05, 0.1) is 13.2 Å². The lowest BCUT2D eigenvalue weighted by atomic mass is 9.90. The zero-order valence-corrected chi connectivity index (χ0v) is 25.8. The third kappa shape index (κ3) is 18.6. The number of nitrogens with zero attached hydrogens (tertiary/aromatic N) is 1. The van der Waals surface area contributed by atoms with Crippen LogP contribution < -0.4 is 5.32 Å². The zero-order chi connectivity index (χ0) is 27.7. The summed E-state index contributed by atoms with van der Waals surface area (Å²) in [6, 6.07) is 1.28. The van der Waals surface area contributed by atoms with E-state index in [1.54, 1.807) is 0 Å². The van der Waals surface area contributed by atoms with E-state index in [2.05, 4.69) is 31.0 Å². The molecule has 1 saturated carbocycles. The molecular weight excluding hydrogens is 472 g/mol. The van der Waals surface area contributed by atoms with Crippen molar-refractivity contribution in [2.45, 2.75) is 168 Å². The fraction of sp³-hybridized carbons (Fsp3) is 0.970. The van der Waals surface area contributed by atoms with Gasteiger partial charge in [-0.25, -0.2) is 0 Å². The summed E-state index contributed by atoms with van der Waals surface area (Å²) in [7, 11) is 0. The maximum atomic E-state index is 12.5. The average molecular weight is 539 g/mol. The number of ether oxygens (including phenoxy) is 1. The van der Waals surface area contributed by atoms with Crippen molar-refractivity contribution in [3.8, 4) is 0 Å². The van der Waals surface area contributed by atoms with E-state index < -0.39 is 0 Å². The van der Waals surface area contributed by atoms with Gasteiger partial charge >= 0.3 is 5.97 Å². The predicted octanol–water partition coefficient (Wildman–Crippen LogP) is 8.03. The predicted molar refractivity (Wildman–Crippen MR) is 163 cm³/mol. The normalized spacial score (nSPS) is 18.7. The molecular formula is C33H66N2O3. The fourth-order valence-electron chi connectivity index (χ4n) is 6.11. The first kappa shape index (κ1) is 35.4. The summed E-state index contributed by atoms with van der Waals surface area (Å²) < 4.78 is 5.79. The number of carbonyl (C=O) groups excluding carboxylic acids is 1.